The fourth-order valence-corrected chi connectivity index (χ4v) is 2.06. The van der Waals surface area contributed by atoms with Gasteiger partial charge < -0.3 is 33.4 Å². The number of hydrogen-bond donors (Lipinski definition) is 4. The molecule has 3 aliphatic heterocycles. The largest absolute Gasteiger partial charge is 0.761 e. The second-order valence-electron chi connectivity index (χ2n) is 5.58. The van der Waals surface area contributed by atoms with Crippen LogP contribution in [0.5, 0.6) is 0 Å². The molecule has 0 radical (unpaired) electrons. The summed E-state index contributed by atoms with van der Waals surface area (Å²) in [5.74, 6) is 0. The van der Waals surface area contributed by atoms with Crippen LogP contribution in [0.2, 0.25) is 0 Å². The van der Waals surface area contributed by atoms with E-state index in [0.717, 1.165) is 39.6 Å². The Bertz CT molecular complexity index is 224. The molecular formula is C15H34O9Si2. The van der Waals surface area contributed by atoms with Gasteiger partial charge in [-0.25, -0.2) is 0 Å². The molecule has 0 aromatic rings. The standard InChI is InChI=1S/3C5H10O.2H2O3Si/c3*1-2-4-6-5-3-1;2*1-4(2)3/h3*1-5H2;2*1-2H. The van der Waals surface area contributed by atoms with Crippen molar-refractivity contribution >= 4 is 18.3 Å². The van der Waals surface area contributed by atoms with Crippen LogP contribution in [-0.2, 0) is 23.1 Å². The molecule has 0 saturated carbocycles. The SMILES string of the molecule is C1CCOCC1.C1CCOCC1.C1CCOCC1.O=[Si](O)O.O=[Si](O)O. The lowest BCUT2D eigenvalue weighted by Gasteiger charge is -2.08. The van der Waals surface area contributed by atoms with Gasteiger partial charge in [-0.2, -0.15) is 0 Å². The van der Waals surface area contributed by atoms with Crippen molar-refractivity contribution in [3.05, 3.63) is 0 Å². The predicted molar refractivity (Wildman–Crippen MR) is 95.8 cm³/mol. The summed E-state index contributed by atoms with van der Waals surface area (Å²) in [6.45, 7) is 6.00. The van der Waals surface area contributed by atoms with Gasteiger partial charge in [-0.1, -0.05) is 0 Å². The summed E-state index contributed by atoms with van der Waals surface area (Å²) < 4.78 is 32.7. The Morgan fingerprint density at radius 3 is 0.615 bits per heavy atom. The van der Waals surface area contributed by atoms with Crippen LogP contribution in [0.4, 0.5) is 0 Å². The van der Waals surface area contributed by atoms with Gasteiger partial charge in [-0.3, -0.25) is 8.92 Å². The Morgan fingerprint density at radius 2 is 0.577 bits per heavy atom. The van der Waals surface area contributed by atoms with Crippen LogP contribution in [0.15, 0.2) is 0 Å². The van der Waals surface area contributed by atoms with Crippen molar-refractivity contribution in [1.82, 2.24) is 0 Å². The first kappa shape index (κ1) is 27.3. The maximum atomic E-state index is 8.74. The molecule has 0 aromatic carbocycles. The van der Waals surface area contributed by atoms with E-state index >= 15 is 0 Å². The van der Waals surface area contributed by atoms with Crippen molar-refractivity contribution in [1.29, 1.82) is 0 Å². The van der Waals surface area contributed by atoms with E-state index in [0.29, 0.717) is 0 Å². The third-order valence-electron chi connectivity index (χ3n) is 3.23. The highest BCUT2D eigenvalue weighted by molar-refractivity contribution is 6.22. The Labute approximate surface area is 158 Å². The third kappa shape index (κ3) is 38.6. The first-order valence-electron chi connectivity index (χ1n) is 9.03. The average molecular weight is 415 g/mol. The van der Waals surface area contributed by atoms with Crippen LogP contribution in [0, 0.1) is 0 Å². The van der Waals surface area contributed by atoms with E-state index in [2.05, 4.69) is 0 Å². The fourth-order valence-electron chi connectivity index (χ4n) is 2.06. The molecule has 156 valence electrons. The van der Waals surface area contributed by atoms with Gasteiger partial charge in [0.05, 0.1) is 0 Å². The van der Waals surface area contributed by atoms with Gasteiger partial charge in [0.1, 0.15) is 0 Å². The van der Waals surface area contributed by atoms with Gasteiger partial charge in [0.25, 0.3) is 0 Å². The van der Waals surface area contributed by atoms with Gasteiger partial charge >= 0.3 is 18.3 Å². The highest BCUT2D eigenvalue weighted by atomic mass is 28.3. The zero-order chi connectivity index (χ0) is 19.9. The summed E-state index contributed by atoms with van der Waals surface area (Å²) in [5.41, 5.74) is 0. The molecule has 3 heterocycles. The van der Waals surface area contributed by atoms with Crippen molar-refractivity contribution in [2.24, 2.45) is 0 Å². The topological polar surface area (TPSA) is 143 Å². The lowest BCUT2D eigenvalue weighted by molar-refractivity contribution is 0.0967. The molecule has 0 atom stereocenters. The van der Waals surface area contributed by atoms with E-state index < -0.39 is 18.3 Å². The molecule has 9 nitrogen and oxygen atoms in total. The highest BCUT2D eigenvalue weighted by Gasteiger charge is 1.96. The molecule has 0 spiro atoms. The summed E-state index contributed by atoms with van der Waals surface area (Å²) in [5, 5.41) is 0. The summed E-state index contributed by atoms with van der Waals surface area (Å²) in [4.78, 5) is 28.6. The van der Waals surface area contributed by atoms with Gasteiger partial charge in [0.2, 0.25) is 0 Å². The molecule has 4 N–H and O–H groups in total. The van der Waals surface area contributed by atoms with Gasteiger partial charge in [0, 0.05) is 39.6 Å². The number of ether oxygens (including phenoxy) is 3. The first-order valence-corrected chi connectivity index (χ1v) is 11.6. The Hall–Kier alpha value is -0.886. The van der Waals surface area contributed by atoms with Crippen molar-refractivity contribution < 1.29 is 42.3 Å². The van der Waals surface area contributed by atoms with Crippen molar-refractivity contribution in [3.63, 3.8) is 0 Å². The average Bonchev–Trinajstić information content (AvgIpc) is 2.66. The summed E-state index contributed by atoms with van der Waals surface area (Å²) in [7, 11) is -6.26. The predicted octanol–water partition coefficient (Wildman–Crippen LogP) is 0.333. The molecule has 0 amide bonds. The first-order chi connectivity index (χ1) is 12.5. The molecule has 3 aliphatic rings. The zero-order valence-electron chi connectivity index (χ0n) is 15.4. The van der Waals surface area contributed by atoms with Crippen LogP contribution in [0.3, 0.4) is 0 Å². The van der Waals surface area contributed by atoms with Crippen LogP contribution in [0.1, 0.15) is 57.8 Å². The molecule has 26 heavy (non-hydrogen) atoms. The molecule has 0 aromatic heterocycles. The number of rotatable bonds is 0. The lowest BCUT2D eigenvalue weighted by Crippen LogP contribution is -2.03. The number of hydrogen-bond acceptors (Lipinski definition) is 5. The van der Waals surface area contributed by atoms with Gasteiger partial charge in [-0.05, 0) is 57.8 Å². The lowest BCUT2D eigenvalue weighted by atomic mass is 10.2. The van der Waals surface area contributed by atoms with E-state index in [1.807, 2.05) is 0 Å². The van der Waals surface area contributed by atoms with E-state index in [1.165, 1.54) is 57.8 Å². The Kier molecular flexibility index (Phi) is 25.4. The molecule has 3 rings (SSSR count). The van der Waals surface area contributed by atoms with Crippen molar-refractivity contribution in [2.75, 3.05) is 39.6 Å². The van der Waals surface area contributed by atoms with Crippen LogP contribution < -0.4 is 0 Å². The third-order valence-corrected chi connectivity index (χ3v) is 3.23. The molecule has 0 aliphatic carbocycles. The van der Waals surface area contributed by atoms with Crippen LogP contribution >= 0.6 is 0 Å². The Balaban J connectivity index is 0. The quantitative estimate of drug-likeness (QED) is 0.412. The zero-order valence-corrected chi connectivity index (χ0v) is 17.4. The molecular weight excluding hydrogens is 380 g/mol. The van der Waals surface area contributed by atoms with Crippen LogP contribution in [-0.4, -0.2) is 77.2 Å². The van der Waals surface area contributed by atoms with Gasteiger partial charge in [-0.15, -0.1) is 0 Å². The molecule has 0 bridgehead atoms. The van der Waals surface area contributed by atoms with E-state index in [4.69, 9.17) is 42.3 Å². The molecule has 3 fully saturated rings. The van der Waals surface area contributed by atoms with Crippen molar-refractivity contribution in [3.8, 4) is 0 Å². The van der Waals surface area contributed by atoms with Gasteiger partial charge in [0.15, 0.2) is 0 Å². The molecule has 11 heteroatoms. The van der Waals surface area contributed by atoms with E-state index in [1.54, 1.807) is 0 Å². The summed E-state index contributed by atoms with van der Waals surface area (Å²) in [6, 6.07) is 0. The second-order valence-corrected chi connectivity index (χ2v) is 6.71. The molecule has 3 saturated heterocycles. The smallest absolute Gasteiger partial charge is 0.511 e. The van der Waals surface area contributed by atoms with E-state index in [-0.39, 0.29) is 0 Å². The monoisotopic (exact) mass is 414 g/mol. The minimum atomic E-state index is -3.13. The van der Waals surface area contributed by atoms with E-state index in [9.17, 15) is 0 Å². The summed E-state index contributed by atoms with van der Waals surface area (Å²) in [6.07, 6.45) is 11.8. The molecule has 0 unspecified atom stereocenters. The fraction of sp³-hybridized carbons (Fsp3) is 1.00. The van der Waals surface area contributed by atoms with Crippen molar-refractivity contribution in [2.45, 2.75) is 57.8 Å². The Morgan fingerprint density at radius 1 is 0.423 bits per heavy atom. The maximum Gasteiger partial charge on any atom is 0.761 e. The minimum Gasteiger partial charge on any atom is -0.511 e. The van der Waals surface area contributed by atoms with Crippen LogP contribution in [0.25, 0.3) is 0 Å². The highest BCUT2D eigenvalue weighted by Crippen LogP contribution is 2.03. The normalized spacial score (nSPS) is 18.5. The maximum absolute atomic E-state index is 8.74. The summed E-state index contributed by atoms with van der Waals surface area (Å²) >= 11 is 0. The minimum absolute atomic E-state index is 1.00. The second kappa shape index (κ2) is 24.1.